The van der Waals surface area contributed by atoms with E-state index in [4.69, 9.17) is 11.5 Å². The van der Waals surface area contributed by atoms with Crippen LogP contribution in [0.25, 0.3) is 0 Å². The average Bonchev–Trinajstić information content (AvgIpc) is 2.85. The first-order valence-corrected chi connectivity index (χ1v) is 7.15. The highest BCUT2D eigenvalue weighted by atomic mass is 35.5. The van der Waals surface area contributed by atoms with Crippen molar-refractivity contribution < 1.29 is 4.79 Å². The minimum Gasteiger partial charge on any atom is -0.389 e. The molecule has 1 aromatic carbocycles. The SMILES string of the molecule is CCc1nc(C(N)=O)c(N)s1.CCl.c1ccccc1. The topological polar surface area (TPSA) is 82.0 Å². The van der Waals surface area contributed by atoms with Crippen LogP contribution in [-0.2, 0) is 6.42 Å². The van der Waals surface area contributed by atoms with Crippen molar-refractivity contribution in [1.82, 2.24) is 4.98 Å². The number of hydrogen-bond donors (Lipinski definition) is 2. The van der Waals surface area contributed by atoms with E-state index >= 15 is 0 Å². The molecule has 1 heterocycles. The molecule has 2 rings (SSSR count). The van der Waals surface area contributed by atoms with Gasteiger partial charge in [-0.05, 0) is 6.42 Å². The van der Waals surface area contributed by atoms with Crippen LogP contribution in [0.4, 0.5) is 5.00 Å². The van der Waals surface area contributed by atoms with Crippen molar-refractivity contribution in [3.8, 4) is 0 Å². The molecule has 6 heteroatoms. The van der Waals surface area contributed by atoms with Gasteiger partial charge in [-0.3, -0.25) is 4.79 Å². The fourth-order valence-electron chi connectivity index (χ4n) is 1.09. The van der Waals surface area contributed by atoms with Gasteiger partial charge in [-0.2, -0.15) is 0 Å². The molecule has 0 spiro atoms. The molecule has 0 aliphatic carbocycles. The smallest absolute Gasteiger partial charge is 0.270 e. The van der Waals surface area contributed by atoms with E-state index in [1.165, 1.54) is 17.7 Å². The highest BCUT2D eigenvalue weighted by molar-refractivity contribution is 7.15. The molecule has 0 saturated heterocycles. The number of primary amides is 1. The molecule has 0 saturated carbocycles. The van der Waals surface area contributed by atoms with Gasteiger partial charge in [-0.15, -0.1) is 22.9 Å². The molecule has 0 aliphatic rings. The van der Waals surface area contributed by atoms with Crippen LogP contribution in [0.5, 0.6) is 0 Å². The van der Waals surface area contributed by atoms with Gasteiger partial charge >= 0.3 is 0 Å². The molecule has 19 heavy (non-hydrogen) atoms. The summed E-state index contributed by atoms with van der Waals surface area (Å²) in [5.74, 6) is -0.557. The normalized spacial score (nSPS) is 8.58. The Labute approximate surface area is 122 Å². The zero-order valence-electron chi connectivity index (χ0n) is 11.0. The number of nitrogen functional groups attached to an aromatic ring is 1. The number of aryl methyl sites for hydroxylation is 1. The number of anilines is 1. The quantitative estimate of drug-likeness (QED) is 0.836. The van der Waals surface area contributed by atoms with Crippen molar-refractivity contribution in [1.29, 1.82) is 0 Å². The summed E-state index contributed by atoms with van der Waals surface area (Å²) in [6, 6.07) is 12.0. The second kappa shape index (κ2) is 10.3. The first-order chi connectivity index (χ1) is 9.15. The molecule has 0 unspecified atom stereocenters. The van der Waals surface area contributed by atoms with Crippen LogP contribution in [0.3, 0.4) is 0 Å². The van der Waals surface area contributed by atoms with E-state index in [0.29, 0.717) is 5.00 Å². The summed E-state index contributed by atoms with van der Waals surface area (Å²) in [6.07, 6.45) is 2.25. The van der Waals surface area contributed by atoms with E-state index in [2.05, 4.69) is 16.6 Å². The number of nitrogens with zero attached hydrogens (tertiary/aromatic N) is 1. The molecular weight excluding hydrogens is 282 g/mol. The molecular formula is C13H18ClN3OS. The first kappa shape index (κ1) is 17.4. The lowest BCUT2D eigenvalue weighted by Gasteiger charge is -1.86. The Balaban J connectivity index is 0.000000341. The molecule has 0 fully saturated rings. The van der Waals surface area contributed by atoms with Crippen molar-refractivity contribution in [2.75, 3.05) is 12.1 Å². The van der Waals surface area contributed by atoms with Crippen molar-refractivity contribution in [3.05, 3.63) is 47.1 Å². The lowest BCUT2D eigenvalue weighted by atomic mass is 10.4. The van der Waals surface area contributed by atoms with Crippen LogP contribution in [0.15, 0.2) is 36.4 Å². The molecule has 0 bridgehead atoms. The minimum atomic E-state index is -0.557. The van der Waals surface area contributed by atoms with Gasteiger partial charge in [0, 0.05) is 6.38 Å². The van der Waals surface area contributed by atoms with Crippen LogP contribution in [0, 0.1) is 0 Å². The molecule has 0 radical (unpaired) electrons. The third-order valence-corrected chi connectivity index (χ3v) is 2.93. The van der Waals surface area contributed by atoms with Crippen LogP contribution in [0.1, 0.15) is 22.4 Å². The number of halogens is 1. The van der Waals surface area contributed by atoms with Crippen LogP contribution < -0.4 is 11.5 Å². The van der Waals surface area contributed by atoms with E-state index < -0.39 is 5.91 Å². The number of hydrogen-bond acceptors (Lipinski definition) is 4. The monoisotopic (exact) mass is 299 g/mol. The fourth-order valence-corrected chi connectivity index (χ4v) is 1.87. The van der Waals surface area contributed by atoms with Crippen molar-refractivity contribution in [2.24, 2.45) is 5.73 Å². The minimum absolute atomic E-state index is 0.201. The number of thiazole rings is 1. The lowest BCUT2D eigenvalue weighted by Crippen LogP contribution is -2.13. The molecule has 1 aromatic heterocycles. The number of nitrogens with two attached hydrogens (primary N) is 2. The number of amides is 1. The average molecular weight is 300 g/mol. The van der Waals surface area contributed by atoms with Crippen LogP contribution >= 0.6 is 22.9 Å². The number of carbonyl (C=O) groups excluding carboxylic acids is 1. The Morgan fingerprint density at radius 3 is 1.84 bits per heavy atom. The Morgan fingerprint density at radius 2 is 1.63 bits per heavy atom. The zero-order valence-corrected chi connectivity index (χ0v) is 12.5. The summed E-state index contributed by atoms with van der Waals surface area (Å²) in [4.78, 5) is 14.6. The van der Waals surface area contributed by atoms with Gasteiger partial charge < -0.3 is 11.5 Å². The zero-order chi connectivity index (χ0) is 14.7. The molecule has 1 amide bonds. The molecule has 4 nitrogen and oxygen atoms in total. The summed E-state index contributed by atoms with van der Waals surface area (Å²) < 4.78 is 0. The Hall–Kier alpha value is -1.59. The predicted octanol–water partition coefficient (Wildman–Crippen LogP) is 2.93. The Bertz CT molecular complexity index is 447. The van der Waals surface area contributed by atoms with E-state index in [0.717, 1.165) is 11.4 Å². The van der Waals surface area contributed by atoms with Crippen molar-refractivity contribution in [2.45, 2.75) is 13.3 Å². The largest absolute Gasteiger partial charge is 0.389 e. The third kappa shape index (κ3) is 6.79. The highest BCUT2D eigenvalue weighted by Gasteiger charge is 2.11. The number of alkyl halides is 1. The summed E-state index contributed by atoms with van der Waals surface area (Å²) in [5.41, 5.74) is 10.7. The highest BCUT2D eigenvalue weighted by Crippen LogP contribution is 2.20. The summed E-state index contributed by atoms with van der Waals surface area (Å²) in [7, 11) is 0. The predicted molar refractivity (Wildman–Crippen MR) is 82.6 cm³/mol. The van der Waals surface area contributed by atoms with Gasteiger partial charge in [-0.25, -0.2) is 4.98 Å². The van der Waals surface area contributed by atoms with Gasteiger partial charge in [0.1, 0.15) is 5.00 Å². The van der Waals surface area contributed by atoms with Crippen molar-refractivity contribution in [3.63, 3.8) is 0 Å². The van der Waals surface area contributed by atoms with Gasteiger partial charge in [0.2, 0.25) is 0 Å². The van der Waals surface area contributed by atoms with Gasteiger partial charge in [0.25, 0.3) is 5.91 Å². The molecule has 0 aliphatic heterocycles. The van der Waals surface area contributed by atoms with E-state index in [-0.39, 0.29) is 5.69 Å². The maximum atomic E-state index is 10.6. The maximum absolute atomic E-state index is 10.6. The second-order valence-corrected chi connectivity index (χ2v) is 4.31. The lowest BCUT2D eigenvalue weighted by molar-refractivity contribution is 0.0997. The van der Waals surface area contributed by atoms with Crippen molar-refractivity contribution >= 4 is 33.8 Å². The summed E-state index contributed by atoms with van der Waals surface area (Å²) in [5, 5.41) is 1.26. The fraction of sp³-hybridized carbons (Fsp3) is 0.231. The Morgan fingerprint density at radius 1 is 1.21 bits per heavy atom. The summed E-state index contributed by atoms with van der Waals surface area (Å²) >= 11 is 5.95. The Kier molecular flexibility index (Phi) is 9.48. The number of aromatic nitrogens is 1. The molecule has 2 aromatic rings. The first-order valence-electron chi connectivity index (χ1n) is 5.58. The molecule has 104 valence electrons. The van der Waals surface area contributed by atoms with Gasteiger partial charge in [0.05, 0.1) is 5.01 Å². The van der Waals surface area contributed by atoms with Gasteiger partial charge in [0.15, 0.2) is 5.69 Å². The van der Waals surface area contributed by atoms with Gasteiger partial charge in [-0.1, -0.05) is 43.3 Å². The molecule has 4 N–H and O–H groups in total. The second-order valence-electron chi connectivity index (χ2n) is 3.19. The van der Waals surface area contributed by atoms with E-state index in [9.17, 15) is 4.79 Å². The summed E-state index contributed by atoms with van der Waals surface area (Å²) in [6.45, 7) is 1.95. The number of carbonyl (C=O) groups is 1. The maximum Gasteiger partial charge on any atom is 0.270 e. The van der Waals surface area contributed by atoms with E-state index in [1.54, 1.807) is 0 Å². The van der Waals surface area contributed by atoms with Crippen LogP contribution in [-0.4, -0.2) is 17.3 Å². The van der Waals surface area contributed by atoms with Crippen LogP contribution in [0.2, 0.25) is 0 Å². The number of rotatable bonds is 2. The molecule has 0 atom stereocenters. The van der Waals surface area contributed by atoms with E-state index in [1.807, 2.05) is 43.3 Å². The number of benzene rings is 1. The third-order valence-electron chi connectivity index (χ3n) is 1.90. The standard InChI is InChI=1S/C6H9N3OS.C6H6.CH3Cl/c1-2-3-9-4(5(7)10)6(8)11-3;1-2-4-6-5-3-1;1-2/h2,8H2,1H3,(H2,7,10);1-6H;1H3.